The van der Waals surface area contributed by atoms with E-state index in [9.17, 15) is 10.2 Å². The highest BCUT2D eigenvalue weighted by Crippen LogP contribution is 2.32. The summed E-state index contributed by atoms with van der Waals surface area (Å²) in [4.78, 5) is 0. The average Bonchev–Trinajstić information content (AvgIpc) is 2.37. The topological polar surface area (TPSA) is 52.5 Å². The minimum atomic E-state index is -0.393. The maximum absolute atomic E-state index is 10.3. The number of fused-ring (bicyclic) bond motifs is 1. The number of aliphatic hydroxyl groups is 1. The number of hydrogen-bond donors (Lipinski definition) is 3. The molecule has 3 heteroatoms. The molecule has 0 amide bonds. The van der Waals surface area contributed by atoms with Gasteiger partial charge in [0, 0.05) is 23.5 Å². The van der Waals surface area contributed by atoms with Crippen LogP contribution in [0.15, 0.2) is 36.4 Å². The largest absolute Gasteiger partial charge is 0.507 e. The fraction of sp³-hybridized carbons (Fsp3) is 0.333. The van der Waals surface area contributed by atoms with Gasteiger partial charge >= 0.3 is 0 Å². The van der Waals surface area contributed by atoms with Gasteiger partial charge in [0.1, 0.15) is 5.75 Å². The number of rotatable bonds is 4. The van der Waals surface area contributed by atoms with Crippen molar-refractivity contribution in [2.45, 2.75) is 26.0 Å². The van der Waals surface area contributed by atoms with Gasteiger partial charge in [-0.05, 0) is 19.2 Å². The summed E-state index contributed by atoms with van der Waals surface area (Å²) in [5.41, 5.74) is 0.856. The number of benzene rings is 2. The smallest absolute Gasteiger partial charge is 0.128 e. The molecule has 2 aromatic rings. The second kappa shape index (κ2) is 5.38. The fourth-order valence-electron chi connectivity index (χ4n) is 2.08. The van der Waals surface area contributed by atoms with Crippen molar-refractivity contribution in [3.05, 3.63) is 42.0 Å². The van der Waals surface area contributed by atoms with E-state index in [4.69, 9.17) is 0 Å². The summed E-state index contributed by atoms with van der Waals surface area (Å²) in [6.07, 6.45) is -0.393. The highest BCUT2D eigenvalue weighted by atomic mass is 16.3. The van der Waals surface area contributed by atoms with Gasteiger partial charge in [-0.3, -0.25) is 0 Å². The van der Waals surface area contributed by atoms with Crippen molar-refractivity contribution < 1.29 is 10.2 Å². The van der Waals surface area contributed by atoms with Crippen molar-refractivity contribution in [3.63, 3.8) is 0 Å². The SMILES string of the molecule is CC(O)CNC(C)c1ccc2ccccc2c1O. The third-order valence-corrected chi connectivity index (χ3v) is 3.12. The van der Waals surface area contributed by atoms with Crippen LogP contribution in [0.25, 0.3) is 10.8 Å². The van der Waals surface area contributed by atoms with Gasteiger partial charge in [-0.25, -0.2) is 0 Å². The predicted molar refractivity (Wildman–Crippen MR) is 73.7 cm³/mol. The molecule has 2 aromatic carbocycles. The van der Waals surface area contributed by atoms with Crippen LogP contribution in [-0.4, -0.2) is 22.9 Å². The van der Waals surface area contributed by atoms with E-state index in [1.807, 2.05) is 43.3 Å². The molecule has 0 radical (unpaired) electrons. The first-order chi connectivity index (χ1) is 8.59. The van der Waals surface area contributed by atoms with E-state index in [-0.39, 0.29) is 6.04 Å². The molecule has 0 saturated carbocycles. The van der Waals surface area contributed by atoms with Crippen molar-refractivity contribution >= 4 is 10.8 Å². The first-order valence-corrected chi connectivity index (χ1v) is 6.21. The summed E-state index contributed by atoms with van der Waals surface area (Å²) in [7, 11) is 0. The molecule has 2 unspecified atom stereocenters. The molecule has 0 spiro atoms. The van der Waals surface area contributed by atoms with Crippen molar-refractivity contribution in [2.75, 3.05) is 6.54 Å². The molecule has 2 rings (SSSR count). The van der Waals surface area contributed by atoms with E-state index >= 15 is 0 Å². The Labute approximate surface area is 107 Å². The molecular weight excluding hydrogens is 226 g/mol. The van der Waals surface area contributed by atoms with Crippen LogP contribution in [0.1, 0.15) is 25.5 Å². The predicted octanol–water partition coefficient (Wildman–Crippen LogP) is 2.58. The van der Waals surface area contributed by atoms with Crippen LogP contribution in [0.2, 0.25) is 0 Å². The molecule has 3 N–H and O–H groups in total. The van der Waals surface area contributed by atoms with Crippen LogP contribution < -0.4 is 5.32 Å². The molecule has 2 atom stereocenters. The first-order valence-electron chi connectivity index (χ1n) is 6.21. The zero-order valence-corrected chi connectivity index (χ0v) is 10.7. The lowest BCUT2D eigenvalue weighted by atomic mass is 10.0. The van der Waals surface area contributed by atoms with Gasteiger partial charge in [0.2, 0.25) is 0 Å². The molecule has 3 nitrogen and oxygen atoms in total. The van der Waals surface area contributed by atoms with Gasteiger partial charge in [0.05, 0.1) is 6.10 Å². The van der Waals surface area contributed by atoms with Crippen LogP contribution >= 0.6 is 0 Å². The average molecular weight is 245 g/mol. The summed E-state index contributed by atoms with van der Waals surface area (Å²) >= 11 is 0. The standard InChI is InChI=1S/C15H19NO2/c1-10(17)9-16-11(2)13-8-7-12-5-3-4-6-14(12)15(13)18/h3-8,10-11,16-18H,9H2,1-2H3. The molecule has 0 heterocycles. The number of nitrogens with one attached hydrogen (secondary N) is 1. The molecule has 0 aliphatic heterocycles. The Morgan fingerprint density at radius 2 is 1.83 bits per heavy atom. The molecule has 0 saturated heterocycles. The van der Waals surface area contributed by atoms with Crippen molar-refractivity contribution in [1.82, 2.24) is 5.32 Å². The van der Waals surface area contributed by atoms with E-state index in [0.717, 1.165) is 16.3 Å². The van der Waals surface area contributed by atoms with Gasteiger partial charge in [-0.1, -0.05) is 36.4 Å². The zero-order valence-electron chi connectivity index (χ0n) is 10.7. The molecule has 0 fully saturated rings. The zero-order chi connectivity index (χ0) is 13.1. The Bertz CT molecular complexity index is 537. The maximum Gasteiger partial charge on any atom is 0.128 e. The summed E-state index contributed by atoms with van der Waals surface area (Å²) in [6.45, 7) is 4.22. The minimum absolute atomic E-state index is 0.00389. The second-order valence-electron chi connectivity index (χ2n) is 4.70. The van der Waals surface area contributed by atoms with Crippen LogP contribution in [0.4, 0.5) is 0 Å². The molecule has 0 aromatic heterocycles. The highest BCUT2D eigenvalue weighted by molar-refractivity contribution is 5.89. The van der Waals surface area contributed by atoms with Gasteiger partial charge in [0.15, 0.2) is 0 Å². The lowest BCUT2D eigenvalue weighted by Crippen LogP contribution is -2.27. The molecule has 0 aliphatic rings. The summed E-state index contributed by atoms with van der Waals surface area (Å²) < 4.78 is 0. The highest BCUT2D eigenvalue weighted by Gasteiger charge is 2.12. The van der Waals surface area contributed by atoms with E-state index in [2.05, 4.69) is 5.32 Å². The van der Waals surface area contributed by atoms with Crippen LogP contribution in [0.5, 0.6) is 5.75 Å². The van der Waals surface area contributed by atoms with Crippen molar-refractivity contribution in [1.29, 1.82) is 0 Å². The van der Waals surface area contributed by atoms with Crippen molar-refractivity contribution in [3.8, 4) is 5.75 Å². The quantitative estimate of drug-likeness (QED) is 0.776. The van der Waals surface area contributed by atoms with E-state index < -0.39 is 6.10 Å². The van der Waals surface area contributed by atoms with Gasteiger partial charge in [-0.2, -0.15) is 0 Å². The monoisotopic (exact) mass is 245 g/mol. The molecular formula is C15H19NO2. The van der Waals surface area contributed by atoms with Crippen LogP contribution in [0.3, 0.4) is 0 Å². The molecule has 18 heavy (non-hydrogen) atoms. The molecule has 96 valence electrons. The third-order valence-electron chi connectivity index (χ3n) is 3.12. The molecule has 0 bridgehead atoms. The fourth-order valence-corrected chi connectivity index (χ4v) is 2.08. The normalized spacial score (nSPS) is 14.6. The Hall–Kier alpha value is -1.58. The van der Waals surface area contributed by atoms with E-state index in [1.165, 1.54) is 0 Å². The summed E-state index contributed by atoms with van der Waals surface area (Å²) in [5, 5.41) is 24.6. The van der Waals surface area contributed by atoms with Gasteiger partial charge < -0.3 is 15.5 Å². The number of hydrogen-bond acceptors (Lipinski definition) is 3. The summed E-state index contributed by atoms with van der Waals surface area (Å²) in [5.74, 6) is 0.318. The Kier molecular flexibility index (Phi) is 3.84. The lowest BCUT2D eigenvalue weighted by Gasteiger charge is -2.17. The minimum Gasteiger partial charge on any atom is -0.507 e. The van der Waals surface area contributed by atoms with Gasteiger partial charge in [-0.15, -0.1) is 0 Å². The second-order valence-corrected chi connectivity index (χ2v) is 4.70. The Balaban J connectivity index is 2.31. The Morgan fingerprint density at radius 3 is 2.56 bits per heavy atom. The van der Waals surface area contributed by atoms with Gasteiger partial charge in [0.25, 0.3) is 0 Å². The number of phenols is 1. The number of aliphatic hydroxyl groups excluding tert-OH is 1. The Morgan fingerprint density at radius 1 is 1.11 bits per heavy atom. The van der Waals surface area contributed by atoms with Crippen LogP contribution in [-0.2, 0) is 0 Å². The number of phenolic OH excluding ortho intramolecular Hbond substituents is 1. The van der Waals surface area contributed by atoms with E-state index in [1.54, 1.807) is 6.92 Å². The summed E-state index contributed by atoms with van der Waals surface area (Å²) in [6, 6.07) is 11.7. The van der Waals surface area contributed by atoms with Crippen molar-refractivity contribution in [2.24, 2.45) is 0 Å². The lowest BCUT2D eigenvalue weighted by molar-refractivity contribution is 0.187. The first kappa shape index (κ1) is 12.9. The van der Waals surface area contributed by atoms with E-state index in [0.29, 0.717) is 12.3 Å². The number of aromatic hydroxyl groups is 1. The maximum atomic E-state index is 10.3. The third kappa shape index (κ3) is 2.63. The van der Waals surface area contributed by atoms with Crippen LogP contribution in [0, 0.1) is 0 Å². The molecule has 0 aliphatic carbocycles.